The summed E-state index contributed by atoms with van der Waals surface area (Å²) in [5.74, 6) is 1.29. The van der Waals surface area contributed by atoms with Gasteiger partial charge in [0.1, 0.15) is 11.5 Å². The van der Waals surface area contributed by atoms with Crippen molar-refractivity contribution in [3.05, 3.63) is 23.3 Å². The summed E-state index contributed by atoms with van der Waals surface area (Å²) in [4.78, 5) is 0. The van der Waals surface area contributed by atoms with Crippen molar-refractivity contribution in [2.45, 2.75) is 26.0 Å². The molecule has 0 aliphatic rings. The van der Waals surface area contributed by atoms with E-state index >= 15 is 0 Å². The van der Waals surface area contributed by atoms with Gasteiger partial charge in [-0.3, -0.25) is 0 Å². The molecule has 0 fully saturated rings. The fraction of sp³-hybridized carbons (Fsp3) is 0.500. The Balaban J connectivity index is 0.00000256. The Kier molecular flexibility index (Phi) is 6.31. The van der Waals surface area contributed by atoms with Crippen LogP contribution in [-0.4, -0.2) is 25.4 Å². The van der Waals surface area contributed by atoms with E-state index in [1.165, 1.54) is 0 Å². The lowest BCUT2D eigenvalue weighted by molar-refractivity contribution is 0.161. The third-order valence-electron chi connectivity index (χ3n) is 2.54. The largest absolute Gasteiger partial charge is 0.496 e. The molecular formula is C12H20ClNO3. The summed E-state index contributed by atoms with van der Waals surface area (Å²) in [6.07, 6.45) is -0.662. The number of aliphatic hydroxyl groups is 1. The van der Waals surface area contributed by atoms with E-state index in [9.17, 15) is 5.11 Å². The Labute approximate surface area is 108 Å². The van der Waals surface area contributed by atoms with Crippen LogP contribution in [0.1, 0.15) is 24.1 Å². The Morgan fingerprint density at radius 3 is 1.88 bits per heavy atom. The molecule has 1 aromatic rings. The molecule has 1 rings (SSSR count). The van der Waals surface area contributed by atoms with E-state index in [2.05, 4.69) is 0 Å². The molecule has 3 N–H and O–H groups in total. The number of aryl methyl sites for hydroxylation is 1. The first-order valence-electron chi connectivity index (χ1n) is 5.17. The molecule has 5 heteroatoms. The van der Waals surface area contributed by atoms with Crippen LogP contribution < -0.4 is 15.2 Å². The molecule has 1 aromatic carbocycles. The monoisotopic (exact) mass is 261 g/mol. The van der Waals surface area contributed by atoms with Gasteiger partial charge in [-0.05, 0) is 31.5 Å². The molecule has 0 radical (unpaired) electrons. The first-order chi connectivity index (χ1) is 7.51. The van der Waals surface area contributed by atoms with Crippen molar-refractivity contribution in [3.63, 3.8) is 0 Å². The minimum absolute atomic E-state index is 0. The second-order valence-electron chi connectivity index (χ2n) is 3.85. The molecule has 0 bridgehead atoms. The molecule has 0 aliphatic heterocycles. The minimum Gasteiger partial charge on any atom is -0.496 e. The van der Waals surface area contributed by atoms with E-state index in [4.69, 9.17) is 15.2 Å². The van der Waals surface area contributed by atoms with Gasteiger partial charge in [-0.1, -0.05) is 0 Å². The molecule has 0 aliphatic carbocycles. The molecule has 0 amide bonds. The van der Waals surface area contributed by atoms with Crippen molar-refractivity contribution in [1.82, 2.24) is 0 Å². The van der Waals surface area contributed by atoms with Crippen molar-refractivity contribution in [3.8, 4) is 11.5 Å². The first-order valence-corrected chi connectivity index (χ1v) is 5.17. The molecule has 0 unspecified atom stereocenters. The van der Waals surface area contributed by atoms with E-state index in [1.807, 2.05) is 19.1 Å². The van der Waals surface area contributed by atoms with Gasteiger partial charge in [-0.15, -0.1) is 12.4 Å². The number of hydrogen-bond acceptors (Lipinski definition) is 4. The third kappa shape index (κ3) is 3.49. The number of methoxy groups -OCH3 is 2. The van der Waals surface area contributed by atoms with E-state index in [0.717, 1.165) is 5.56 Å². The summed E-state index contributed by atoms with van der Waals surface area (Å²) >= 11 is 0. The maximum absolute atomic E-state index is 9.55. The van der Waals surface area contributed by atoms with Crippen molar-refractivity contribution in [2.75, 3.05) is 14.2 Å². The highest BCUT2D eigenvalue weighted by Crippen LogP contribution is 2.35. The van der Waals surface area contributed by atoms with Crippen molar-refractivity contribution >= 4 is 12.4 Å². The molecule has 17 heavy (non-hydrogen) atoms. The number of halogens is 1. The SMILES string of the molecule is COc1cc(C)cc(OC)c1[C@@H](N)[C@H](C)O.Cl. The molecule has 98 valence electrons. The van der Waals surface area contributed by atoms with E-state index < -0.39 is 12.1 Å². The van der Waals surface area contributed by atoms with Crippen molar-refractivity contribution in [1.29, 1.82) is 0 Å². The summed E-state index contributed by atoms with van der Waals surface area (Å²) in [5.41, 5.74) is 7.65. The number of nitrogens with two attached hydrogens (primary N) is 1. The quantitative estimate of drug-likeness (QED) is 0.868. The molecule has 0 heterocycles. The molecule has 0 saturated heterocycles. The maximum Gasteiger partial charge on any atom is 0.127 e. The van der Waals surface area contributed by atoms with Gasteiger partial charge in [0.25, 0.3) is 0 Å². The predicted molar refractivity (Wildman–Crippen MR) is 70.1 cm³/mol. The lowest BCUT2D eigenvalue weighted by atomic mass is 9.99. The summed E-state index contributed by atoms with van der Waals surface area (Å²) < 4.78 is 10.5. The van der Waals surface area contributed by atoms with Crippen molar-refractivity contribution < 1.29 is 14.6 Å². The van der Waals surface area contributed by atoms with Gasteiger partial charge >= 0.3 is 0 Å². The topological polar surface area (TPSA) is 64.7 Å². The van der Waals surface area contributed by atoms with Gasteiger partial charge in [-0.25, -0.2) is 0 Å². The van der Waals surface area contributed by atoms with Gasteiger partial charge in [0, 0.05) is 0 Å². The van der Waals surface area contributed by atoms with Crippen LogP contribution in [0.3, 0.4) is 0 Å². The molecule has 2 atom stereocenters. The van der Waals surface area contributed by atoms with Crippen molar-refractivity contribution in [2.24, 2.45) is 5.73 Å². The van der Waals surface area contributed by atoms with Crippen LogP contribution in [0.4, 0.5) is 0 Å². The molecule has 0 aromatic heterocycles. The maximum atomic E-state index is 9.55. The van der Waals surface area contributed by atoms with Crippen LogP contribution in [-0.2, 0) is 0 Å². The van der Waals surface area contributed by atoms with Crippen LogP contribution in [0.5, 0.6) is 11.5 Å². The van der Waals surface area contributed by atoms with Crippen LogP contribution >= 0.6 is 12.4 Å². The van der Waals surface area contributed by atoms with Crippen LogP contribution in [0, 0.1) is 6.92 Å². The van der Waals surface area contributed by atoms with Crippen LogP contribution in [0.2, 0.25) is 0 Å². The number of aliphatic hydroxyl groups excluding tert-OH is 1. The molecule has 0 saturated carbocycles. The fourth-order valence-corrected chi connectivity index (χ4v) is 1.64. The second-order valence-corrected chi connectivity index (χ2v) is 3.85. The third-order valence-corrected chi connectivity index (χ3v) is 2.54. The predicted octanol–water partition coefficient (Wildman–Crippen LogP) is 1.81. The normalized spacial score (nSPS) is 13.5. The first kappa shape index (κ1) is 16.0. The molecular weight excluding hydrogens is 242 g/mol. The minimum atomic E-state index is -0.662. The smallest absolute Gasteiger partial charge is 0.127 e. The molecule has 4 nitrogen and oxygen atoms in total. The number of hydrogen-bond donors (Lipinski definition) is 2. The zero-order valence-corrected chi connectivity index (χ0v) is 11.4. The second kappa shape index (κ2) is 6.69. The Bertz CT molecular complexity index is 344. The molecule has 0 spiro atoms. The van der Waals surface area contributed by atoms with Gasteiger partial charge < -0.3 is 20.3 Å². The average molecular weight is 262 g/mol. The highest BCUT2D eigenvalue weighted by Gasteiger charge is 2.21. The van der Waals surface area contributed by atoms with E-state index in [1.54, 1.807) is 21.1 Å². The zero-order chi connectivity index (χ0) is 12.3. The zero-order valence-electron chi connectivity index (χ0n) is 10.6. The Morgan fingerprint density at radius 1 is 1.18 bits per heavy atom. The van der Waals surface area contributed by atoms with Crippen LogP contribution in [0.25, 0.3) is 0 Å². The lowest BCUT2D eigenvalue weighted by Crippen LogP contribution is -2.24. The standard InChI is InChI=1S/C12H19NO3.ClH/c1-7-5-9(15-3)11(10(6-7)16-4)12(13)8(2)14;/h5-6,8,12,14H,13H2,1-4H3;1H/t8-,12-;/m0./s1. The number of ether oxygens (including phenoxy) is 2. The van der Waals surface area contributed by atoms with E-state index in [0.29, 0.717) is 17.1 Å². The Morgan fingerprint density at radius 2 is 1.59 bits per heavy atom. The average Bonchev–Trinajstić information content (AvgIpc) is 2.26. The lowest BCUT2D eigenvalue weighted by Gasteiger charge is -2.21. The van der Waals surface area contributed by atoms with Gasteiger partial charge in [0.15, 0.2) is 0 Å². The number of benzene rings is 1. The van der Waals surface area contributed by atoms with Gasteiger partial charge in [0.05, 0.1) is 31.9 Å². The summed E-state index contributed by atoms with van der Waals surface area (Å²) in [6.45, 7) is 3.59. The fourth-order valence-electron chi connectivity index (χ4n) is 1.64. The summed E-state index contributed by atoms with van der Waals surface area (Å²) in [5, 5.41) is 9.55. The highest BCUT2D eigenvalue weighted by molar-refractivity contribution is 5.85. The summed E-state index contributed by atoms with van der Waals surface area (Å²) in [6, 6.07) is 3.23. The number of rotatable bonds is 4. The van der Waals surface area contributed by atoms with Gasteiger partial charge in [0.2, 0.25) is 0 Å². The van der Waals surface area contributed by atoms with Gasteiger partial charge in [-0.2, -0.15) is 0 Å². The Hall–Kier alpha value is -0.970. The summed E-state index contributed by atoms with van der Waals surface area (Å²) in [7, 11) is 3.15. The van der Waals surface area contributed by atoms with E-state index in [-0.39, 0.29) is 12.4 Å². The highest BCUT2D eigenvalue weighted by atomic mass is 35.5. The van der Waals surface area contributed by atoms with Crippen LogP contribution in [0.15, 0.2) is 12.1 Å².